The van der Waals surface area contributed by atoms with Crippen molar-refractivity contribution in [1.29, 1.82) is 0 Å². The molecule has 1 amide bonds. The number of hydrogen-bond acceptors (Lipinski definition) is 4. The molecular weight excluding hydrogens is 324 g/mol. The molecule has 0 bridgehead atoms. The van der Waals surface area contributed by atoms with Crippen LogP contribution in [0.25, 0.3) is 10.9 Å². The Labute approximate surface area is 144 Å². The number of pyridine rings is 1. The molecule has 5 heteroatoms. The molecule has 23 heavy (non-hydrogen) atoms. The van der Waals surface area contributed by atoms with Crippen molar-refractivity contribution < 1.29 is 4.79 Å². The number of nitrogens with zero attached hydrogens (tertiary/aromatic N) is 2. The lowest BCUT2D eigenvalue weighted by Crippen LogP contribution is -2.25. The zero-order valence-electron chi connectivity index (χ0n) is 13.2. The Bertz CT molecular complexity index is 829. The van der Waals surface area contributed by atoms with Gasteiger partial charge in [-0.15, -0.1) is 23.1 Å². The van der Waals surface area contributed by atoms with Crippen molar-refractivity contribution >= 4 is 39.9 Å². The van der Waals surface area contributed by atoms with Crippen LogP contribution in [0, 0.1) is 0 Å². The van der Waals surface area contributed by atoms with Crippen LogP contribution in [0.2, 0.25) is 0 Å². The van der Waals surface area contributed by atoms with Crippen LogP contribution in [-0.4, -0.2) is 28.6 Å². The molecule has 2 aromatic heterocycles. The summed E-state index contributed by atoms with van der Waals surface area (Å²) in [7, 11) is 1.85. The fourth-order valence-corrected chi connectivity index (χ4v) is 4.45. The lowest BCUT2D eigenvalue weighted by molar-refractivity contribution is 0.0790. The third kappa shape index (κ3) is 3.74. The largest absolute Gasteiger partial charge is 0.337 e. The summed E-state index contributed by atoms with van der Waals surface area (Å²) in [5.74, 6) is 1.10. The standard InChI is InChI=1S/C18H18N2OS2/c1-3-22-17-9-8-16(23-17)18(21)20(2)12-13-6-7-15-14(11-13)5-4-10-19-15/h4-11H,3,12H2,1-2H3. The molecule has 0 radical (unpaired) electrons. The molecule has 0 unspecified atom stereocenters. The van der Waals surface area contributed by atoms with E-state index in [1.165, 1.54) is 4.21 Å². The van der Waals surface area contributed by atoms with E-state index in [0.717, 1.165) is 27.1 Å². The predicted molar refractivity (Wildman–Crippen MR) is 98.3 cm³/mol. The first-order valence-corrected chi connectivity index (χ1v) is 9.29. The maximum absolute atomic E-state index is 12.5. The summed E-state index contributed by atoms with van der Waals surface area (Å²) in [5, 5.41) is 1.10. The molecule has 0 saturated carbocycles. The highest BCUT2D eigenvalue weighted by atomic mass is 32.2. The second kappa shape index (κ2) is 7.15. The van der Waals surface area contributed by atoms with E-state index in [1.54, 1.807) is 34.2 Å². The Morgan fingerprint density at radius 1 is 1.26 bits per heavy atom. The van der Waals surface area contributed by atoms with Gasteiger partial charge in [-0.2, -0.15) is 0 Å². The second-order valence-corrected chi connectivity index (χ2v) is 7.89. The number of fused-ring (bicyclic) bond motifs is 1. The number of aromatic nitrogens is 1. The molecule has 0 aliphatic rings. The molecule has 118 valence electrons. The summed E-state index contributed by atoms with van der Waals surface area (Å²) in [6.07, 6.45) is 1.79. The molecule has 0 fully saturated rings. The summed E-state index contributed by atoms with van der Waals surface area (Å²) in [5.41, 5.74) is 2.09. The minimum atomic E-state index is 0.0734. The van der Waals surface area contributed by atoms with E-state index < -0.39 is 0 Å². The van der Waals surface area contributed by atoms with E-state index in [2.05, 4.69) is 18.0 Å². The van der Waals surface area contributed by atoms with Gasteiger partial charge in [-0.3, -0.25) is 9.78 Å². The Balaban J connectivity index is 1.73. The van der Waals surface area contributed by atoms with Gasteiger partial charge in [0.1, 0.15) is 0 Å². The fourth-order valence-electron chi connectivity index (χ4n) is 2.41. The number of thiophene rings is 1. The molecule has 0 N–H and O–H groups in total. The number of carbonyl (C=O) groups excluding carboxylic acids is 1. The number of hydrogen-bond donors (Lipinski definition) is 0. The van der Waals surface area contributed by atoms with Gasteiger partial charge in [0.05, 0.1) is 14.6 Å². The Hall–Kier alpha value is -1.85. The molecule has 0 aliphatic heterocycles. The molecule has 0 aliphatic carbocycles. The number of carbonyl (C=O) groups is 1. The number of thioether (sulfide) groups is 1. The van der Waals surface area contributed by atoms with Crippen molar-refractivity contribution in [3.63, 3.8) is 0 Å². The molecule has 3 nitrogen and oxygen atoms in total. The Morgan fingerprint density at radius 3 is 2.96 bits per heavy atom. The molecular formula is C18H18N2OS2. The van der Waals surface area contributed by atoms with E-state index in [1.807, 2.05) is 43.4 Å². The average Bonchev–Trinajstić information content (AvgIpc) is 3.03. The summed E-state index contributed by atoms with van der Waals surface area (Å²) in [6.45, 7) is 2.71. The van der Waals surface area contributed by atoms with Gasteiger partial charge in [-0.1, -0.05) is 19.1 Å². The molecule has 2 heterocycles. The SMILES string of the molecule is CCSc1ccc(C(=O)N(C)Cc2ccc3ncccc3c2)s1. The minimum Gasteiger partial charge on any atom is -0.337 e. The number of benzene rings is 1. The van der Waals surface area contributed by atoms with Crippen LogP contribution in [0.1, 0.15) is 22.2 Å². The third-order valence-corrected chi connectivity index (χ3v) is 5.69. The number of amides is 1. The molecule has 3 aromatic rings. The Morgan fingerprint density at radius 2 is 2.13 bits per heavy atom. The smallest absolute Gasteiger partial charge is 0.264 e. The first-order chi connectivity index (χ1) is 11.2. The summed E-state index contributed by atoms with van der Waals surface area (Å²) >= 11 is 3.34. The van der Waals surface area contributed by atoms with E-state index in [-0.39, 0.29) is 5.91 Å². The van der Waals surface area contributed by atoms with Crippen LogP contribution in [-0.2, 0) is 6.54 Å². The van der Waals surface area contributed by atoms with Crippen LogP contribution >= 0.6 is 23.1 Å². The molecule has 1 aromatic carbocycles. The van der Waals surface area contributed by atoms with Gasteiger partial charge in [0.2, 0.25) is 0 Å². The van der Waals surface area contributed by atoms with Gasteiger partial charge in [0.25, 0.3) is 5.91 Å². The summed E-state index contributed by atoms with van der Waals surface area (Å²) in [4.78, 5) is 19.4. The van der Waals surface area contributed by atoms with E-state index in [0.29, 0.717) is 6.54 Å². The zero-order valence-corrected chi connectivity index (χ0v) is 14.8. The average molecular weight is 342 g/mol. The molecule has 0 saturated heterocycles. The van der Waals surface area contributed by atoms with Crippen LogP contribution < -0.4 is 0 Å². The highest BCUT2D eigenvalue weighted by molar-refractivity contribution is 8.01. The Kier molecular flexibility index (Phi) is 4.98. The van der Waals surface area contributed by atoms with Gasteiger partial charge < -0.3 is 4.90 Å². The topological polar surface area (TPSA) is 33.2 Å². The van der Waals surface area contributed by atoms with Crippen molar-refractivity contribution in [3.8, 4) is 0 Å². The van der Waals surface area contributed by atoms with Crippen molar-refractivity contribution in [2.24, 2.45) is 0 Å². The summed E-state index contributed by atoms with van der Waals surface area (Å²) in [6, 6.07) is 14.1. The van der Waals surface area contributed by atoms with Crippen molar-refractivity contribution in [2.45, 2.75) is 17.7 Å². The first-order valence-electron chi connectivity index (χ1n) is 7.49. The van der Waals surface area contributed by atoms with Crippen LogP contribution in [0.4, 0.5) is 0 Å². The van der Waals surface area contributed by atoms with Gasteiger partial charge >= 0.3 is 0 Å². The monoisotopic (exact) mass is 342 g/mol. The maximum atomic E-state index is 12.5. The minimum absolute atomic E-state index is 0.0734. The van der Waals surface area contributed by atoms with Gasteiger partial charge in [0.15, 0.2) is 0 Å². The lowest BCUT2D eigenvalue weighted by atomic mass is 10.1. The van der Waals surface area contributed by atoms with Crippen molar-refractivity contribution in [1.82, 2.24) is 9.88 Å². The molecule has 0 spiro atoms. The summed E-state index contributed by atoms with van der Waals surface area (Å²) < 4.78 is 1.20. The van der Waals surface area contributed by atoms with E-state index in [4.69, 9.17) is 0 Å². The lowest BCUT2D eigenvalue weighted by Gasteiger charge is -2.16. The number of rotatable bonds is 5. The second-order valence-electron chi connectivity index (χ2n) is 5.24. The third-order valence-electron chi connectivity index (χ3n) is 3.51. The van der Waals surface area contributed by atoms with Gasteiger partial charge in [-0.25, -0.2) is 0 Å². The first kappa shape index (κ1) is 16.0. The zero-order chi connectivity index (χ0) is 16.2. The van der Waals surface area contributed by atoms with Gasteiger partial charge in [0, 0.05) is 25.2 Å². The predicted octanol–water partition coefficient (Wildman–Crippen LogP) is 4.68. The van der Waals surface area contributed by atoms with E-state index in [9.17, 15) is 4.79 Å². The van der Waals surface area contributed by atoms with Crippen molar-refractivity contribution in [3.05, 3.63) is 59.1 Å². The molecule has 3 rings (SSSR count). The normalized spacial score (nSPS) is 10.9. The quantitative estimate of drug-likeness (QED) is 0.631. The fraction of sp³-hybridized carbons (Fsp3) is 0.222. The van der Waals surface area contributed by atoms with Crippen LogP contribution in [0.5, 0.6) is 0 Å². The molecule has 0 atom stereocenters. The van der Waals surface area contributed by atoms with Gasteiger partial charge in [-0.05, 0) is 41.6 Å². The highest BCUT2D eigenvalue weighted by Gasteiger charge is 2.14. The highest BCUT2D eigenvalue weighted by Crippen LogP contribution is 2.28. The maximum Gasteiger partial charge on any atom is 0.264 e. The van der Waals surface area contributed by atoms with Crippen molar-refractivity contribution in [2.75, 3.05) is 12.8 Å². The van der Waals surface area contributed by atoms with Crippen LogP contribution in [0.15, 0.2) is 52.9 Å². The van der Waals surface area contributed by atoms with Crippen LogP contribution in [0.3, 0.4) is 0 Å². The van der Waals surface area contributed by atoms with E-state index >= 15 is 0 Å².